The van der Waals surface area contributed by atoms with E-state index >= 15 is 0 Å². The molecule has 2 aliphatic heterocycles. The minimum atomic E-state index is -2.60. The Kier molecular flexibility index (Phi) is 4.73. The summed E-state index contributed by atoms with van der Waals surface area (Å²) in [6.07, 6.45) is 3.32. The lowest BCUT2D eigenvalue weighted by Crippen LogP contribution is -2.48. The van der Waals surface area contributed by atoms with E-state index in [9.17, 15) is 13.6 Å². The van der Waals surface area contributed by atoms with Gasteiger partial charge in [-0.25, -0.2) is 8.78 Å². The standard InChI is InChI=1S/C15H21F2N3OS/c16-15(17)3-6-20(7-4-15)14(21)12-2-1-5-19(9-12)10-13-8-18-11-22-13/h8,11-12H,1-7,9-10H2. The van der Waals surface area contributed by atoms with Crippen molar-refractivity contribution in [3.8, 4) is 0 Å². The van der Waals surface area contributed by atoms with E-state index in [1.807, 2.05) is 11.7 Å². The Bertz CT molecular complexity index is 499. The SMILES string of the molecule is O=C(C1CCCN(Cc2cncs2)C1)N1CCC(F)(F)CC1. The molecule has 1 amide bonds. The van der Waals surface area contributed by atoms with E-state index in [1.54, 1.807) is 16.2 Å². The van der Waals surface area contributed by atoms with E-state index in [0.717, 1.165) is 32.5 Å². The zero-order valence-electron chi connectivity index (χ0n) is 12.5. The number of amides is 1. The summed E-state index contributed by atoms with van der Waals surface area (Å²) in [6.45, 7) is 2.92. The first kappa shape index (κ1) is 15.8. The molecule has 4 nitrogen and oxygen atoms in total. The van der Waals surface area contributed by atoms with Gasteiger partial charge in [0.1, 0.15) is 0 Å². The summed E-state index contributed by atoms with van der Waals surface area (Å²) in [7, 11) is 0. The molecule has 0 radical (unpaired) electrons. The molecule has 0 N–H and O–H groups in total. The molecule has 122 valence electrons. The zero-order valence-corrected chi connectivity index (χ0v) is 13.3. The van der Waals surface area contributed by atoms with Crippen LogP contribution in [0.25, 0.3) is 0 Å². The molecule has 0 aliphatic carbocycles. The van der Waals surface area contributed by atoms with Crippen LogP contribution in [0.2, 0.25) is 0 Å². The molecule has 0 bridgehead atoms. The maximum absolute atomic E-state index is 13.2. The summed E-state index contributed by atoms with van der Waals surface area (Å²) < 4.78 is 26.4. The van der Waals surface area contributed by atoms with Crippen LogP contribution in [0.5, 0.6) is 0 Å². The number of halogens is 2. The van der Waals surface area contributed by atoms with Crippen molar-refractivity contribution < 1.29 is 13.6 Å². The van der Waals surface area contributed by atoms with E-state index in [-0.39, 0.29) is 37.8 Å². The second kappa shape index (κ2) is 6.58. The minimum absolute atomic E-state index is 0.0478. The zero-order chi connectivity index (χ0) is 15.6. The molecule has 0 aromatic carbocycles. The maximum atomic E-state index is 13.2. The Labute approximate surface area is 133 Å². The topological polar surface area (TPSA) is 36.4 Å². The van der Waals surface area contributed by atoms with Gasteiger partial charge in [0.25, 0.3) is 5.92 Å². The predicted octanol–water partition coefficient (Wildman–Crippen LogP) is 2.61. The molecule has 2 saturated heterocycles. The molecule has 1 aromatic rings. The summed E-state index contributed by atoms with van der Waals surface area (Å²) in [5.41, 5.74) is 1.82. The van der Waals surface area contributed by atoms with Crippen molar-refractivity contribution >= 4 is 17.2 Å². The third-order valence-corrected chi connectivity index (χ3v) is 5.29. The number of hydrogen-bond donors (Lipinski definition) is 0. The van der Waals surface area contributed by atoms with E-state index in [1.165, 1.54) is 4.88 Å². The largest absolute Gasteiger partial charge is 0.342 e. The van der Waals surface area contributed by atoms with Gasteiger partial charge in [-0.2, -0.15) is 0 Å². The second-order valence-corrected chi connectivity index (χ2v) is 7.19. The summed E-state index contributed by atoms with van der Waals surface area (Å²) in [4.78, 5) is 21.7. The van der Waals surface area contributed by atoms with E-state index in [0.29, 0.717) is 0 Å². The lowest BCUT2D eigenvalue weighted by atomic mass is 9.95. The third kappa shape index (κ3) is 3.81. The number of carbonyl (C=O) groups excluding carboxylic acids is 1. The van der Waals surface area contributed by atoms with E-state index in [4.69, 9.17) is 0 Å². The Morgan fingerprint density at radius 1 is 1.36 bits per heavy atom. The predicted molar refractivity (Wildman–Crippen MR) is 80.9 cm³/mol. The van der Waals surface area contributed by atoms with Gasteiger partial charge in [-0.05, 0) is 19.4 Å². The van der Waals surface area contributed by atoms with Crippen LogP contribution in [0.4, 0.5) is 8.78 Å². The number of carbonyl (C=O) groups is 1. The quantitative estimate of drug-likeness (QED) is 0.855. The normalized spacial score (nSPS) is 26.1. The van der Waals surface area contributed by atoms with Crippen LogP contribution in [0, 0.1) is 5.92 Å². The fourth-order valence-corrected chi connectivity index (χ4v) is 3.89. The Morgan fingerprint density at radius 2 is 2.14 bits per heavy atom. The van der Waals surface area contributed by atoms with Crippen LogP contribution in [0.3, 0.4) is 0 Å². The Balaban J connectivity index is 1.54. The van der Waals surface area contributed by atoms with Crippen molar-refractivity contribution in [3.05, 3.63) is 16.6 Å². The highest BCUT2D eigenvalue weighted by molar-refractivity contribution is 7.09. The fraction of sp³-hybridized carbons (Fsp3) is 0.733. The highest BCUT2D eigenvalue weighted by Crippen LogP contribution is 2.29. The lowest BCUT2D eigenvalue weighted by Gasteiger charge is -2.37. The fourth-order valence-electron chi connectivity index (χ4n) is 3.25. The first-order valence-corrected chi connectivity index (χ1v) is 8.68. The van der Waals surface area contributed by atoms with Gasteiger partial charge in [-0.3, -0.25) is 14.7 Å². The second-order valence-electron chi connectivity index (χ2n) is 6.22. The van der Waals surface area contributed by atoms with Gasteiger partial charge in [-0.15, -0.1) is 11.3 Å². The Hall–Kier alpha value is -1.08. The van der Waals surface area contributed by atoms with Gasteiger partial charge in [0.15, 0.2) is 0 Å². The van der Waals surface area contributed by atoms with Gasteiger partial charge in [0.2, 0.25) is 5.91 Å². The van der Waals surface area contributed by atoms with Crippen molar-refractivity contribution in [1.29, 1.82) is 0 Å². The molecule has 22 heavy (non-hydrogen) atoms. The molecule has 1 atom stereocenters. The number of rotatable bonds is 3. The molecule has 1 unspecified atom stereocenters. The molecule has 0 spiro atoms. The molecule has 7 heteroatoms. The van der Waals surface area contributed by atoms with Gasteiger partial charge >= 0.3 is 0 Å². The molecule has 3 rings (SSSR count). The van der Waals surface area contributed by atoms with Crippen LogP contribution < -0.4 is 0 Å². The van der Waals surface area contributed by atoms with Crippen LogP contribution in [-0.4, -0.2) is 52.8 Å². The van der Waals surface area contributed by atoms with Gasteiger partial charge < -0.3 is 4.90 Å². The molecule has 0 saturated carbocycles. The first-order chi connectivity index (χ1) is 10.5. The minimum Gasteiger partial charge on any atom is -0.342 e. The molecule has 2 fully saturated rings. The monoisotopic (exact) mass is 329 g/mol. The molecule has 2 aliphatic rings. The number of likely N-dealkylation sites (tertiary alicyclic amines) is 2. The number of hydrogen-bond acceptors (Lipinski definition) is 4. The smallest absolute Gasteiger partial charge is 0.251 e. The summed E-state index contributed by atoms with van der Waals surface area (Å²) >= 11 is 1.62. The maximum Gasteiger partial charge on any atom is 0.251 e. The van der Waals surface area contributed by atoms with Gasteiger partial charge in [0.05, 0.1) is 11.4 Å². The summed E-state index contributed by atoms with van der Waals surface area (Å²) in [5, 5.41) is 0. The van der Waals surface area contributed by atoms with Gasteiger partial charge in [-0.1, -0.05) is 0 Å². The van der Waals surface area contributed by atoms with Crippen molar-refractivity contribution in [1.82, 2.24) is 14.8 Å². The van der Waals surface area contributed by atoms with Crippen molar-refractivity contribution in [2.75, 3.05) is 26.2 Å². The van der Waals surface area contributed by atoms with E-state index in [2.05, 4.69) is 9.88 Å². The van der Waals surface area contributed by atoms with Crippen LogP contribution >= 0.6 is 11.3 Å². The van der Waals surface area contributed by atoms with Crippen LogP contribution in [0.15, 0.2) is 11.7 Å². The summed E-state index contributed by atoms with van der Waals surface area (Å²) in [5.74, 6) is -2.58. The van der Waals surface area contributed by atoms with Crippen molar-refractivity contribution in [3.63, 3.8) is 0 Å². The van der Waals surface area contributed by atoms with Crippen molar-refractivity contribution in [2.24, 2.45) is 5.92 Å². The van der Waals surface area contributed by atoms with Crippen molar-refractivity contribution in [2.45, 2.75) is 38.2 Å². The molecule has 1 aromatic heterocycles. The highest BCUT2D eigenvalue weighted by Gasteiger charge is 2.38. The number of nitrogens with zero attached hydrogens (tertiary/aromatic N) is 3. The van der Waals surface area contributed by atoms with E-state index < -0.39 is 5.92 Å². The first-order valence-electron chi connectivity index (χ1n) is 7.80. The number of alkyl halides is 2. The molecule has 3 heterocycles. The van der Waals surface area contributed by atoms with Crippen LogP contribution in [0.1, 0.15) is 30.6 Å². The number of thiazole rings is 1. The number of aromatic nitrogens is 1. The molecular weight excluding hydrogens is 308 g/mol. The Morgan fingerprint density at radius 3 is 2.82 bits per heavy atom. The van der Waals surface area contributed by atoms with Gasteiger partial charge in [0, 0.05) is 50.1 Å². The van der Waals surface area contributed by atoms with Crippen LogP contribution in [-0.2, 0) is 11.3 Å². The average Bonchev–Trinajstić information content (AvgIpc) is 3.00. The summed E-state index contributed by atoms with van der Waals surface area (Å²) in [6, 6.07) is 0. The number of piperidine rings is 2. The average molecular weight is 329 g/mol. The lowest BCUT2D eigenvalue weighted by molar-refractivity contribution is -0.143. The highest BCUT2D eigenvalue weighted by atomic mass is 32.1. The third-order valence-electron chi connectivity index (χ3n) is 4.52. The molecular formula is C15H21F2N3OS.